The number of hydrogen-bond acceptors (Lipinski definition) is 8. The van der Waals surface area contributed by atoms with Crippen molar-refractivity contribution in [2.24, 2.45) is 10.9 Å². The van der Waals surface area contributed by atoms with E-state index in [1.807, 2.05) is 42.5 Å². The largest absolute Gasteiger partial charge is 0.491 e. The van der Waals surface area contributed by atoms with Crippen LogP contribution in [0.5, 0.6) is 17.2 Å². The fourth-order valence-corrected chi connectivity index (χ4v) is 4.44. The molecule has 4 rings (SSSR count). The van der Waals surface area contributed by atoms with Gasteiger partial charge in [-0.3, -0.25) is 0 Å². The summed E-state index contributed by atoms with van der Waals surface area (Å²) in [6.45, 7) is 0.691. The topological polar surface area (TPSA) is 129 Å². The summed E-state index contributed by atoms with van der Waals surface area (Å²) in [6.07, 6.45) is 0. The first kappa shape index (κ1) is 28.2. The molecule has 0 aliphatic rings. The molecule has 0 atom stereocenters. The van der Waals surface area contributed by atoms with Gasteiger partial charge in [0, 0.05) is 29.3 Å². The highest BCUT2D eigenvalue weighted by atomic mass is 35.5. The molecule has 0 fully saturated rings. The predicted octanol–water partition coefficient (Wildman–Crippen LogP) is 6.63. The van der Waals surface area contributed by atoms with Crippen molar-refractivity contribution >= 4 is 34.6 Å². The summed E-state index contributed by atoms with van der Waals surface area (Å²) in [5.41, 5.74) is 16.1. The lowest BCUT2D eigenvalue weighted by Gasteiger charge is -2.16. The number of hydrogen-bond donors (Lipinski definition) is 3. The zero-order valence-corrected chi connectivity index (χ0v) is 22.4. The maximum Gasteiger partial charge on any atom is 0.142 e. The Bertz CT molecular complexity index is 1470. The van der Waals surface area contributed by atoms with Gasteiger partial charge in [0.15, 0.2) is 0 Å². The van der Waals surface area contributed by atoms with Gasteiger partial charge in [-0.1, -0.05) is 59.6 Å². The lowest BCUT2D eigenvalue weighted by Crippen LogP contribution is -2.05. The molecule has 39 heavy (non-hydrogen) atoms. The van der Waals surface area contributed by atoms with Gasteiger partial charge in [0.1, 0.15) is 42.8 Å². The van der Waals surface area contributed by atoms with E-state index >= 15 is 0 Å². The Morgan fingerprint density at radius 3 is 2.38 bits per heavy atom. The van der Waals surface area contributed by atoms with E-state index in [0.717, 1.165) is 22.3 Å². The van der Waals surface area contributed by atoms with E-state index in [-0.39, 0.29) is 44.3 Å². The van der Waals surface area contributed by atoms with Crippen molar-refractivity contribution in [1.29, 1.82) is 0 Å². The van der Waals surface area contributed by atoms with E-state index in [1.165, 1.54) is 6.07 Å². The molecule has 202 valence electrons. The number of nitroso groups, excluding NO2 is 1. The number of anilines is 1. The monoisotopic (exact) mass is 567 g/mol. The second kappa shape index (κ2) is 13.3. The molecule has 0 bridgehead atoms. The Morgan fingerprint density at radius 1 is 0.846 bits per heavy atom. The fourth-order valence-electron chi connectivity index (χ4n) is 3.91. The van der Waals surface area contributed by atoms with Crippen molar-refractivity contribution in [3.8, 4) is 28.4 Å². The number of nitrogen functional groups attached to an aromatic ring is 1. The van der Waals surface area contributed by atoms with E-state index in [4.69, 9.17) is 54.0 Å². The third kappa shape index (κ3) is 6.99. The van der Waals surface area contributed by atoms with Crippen molar-refractivity contribution in [2.45, 2.75) is 19.8 Å². The highest BCUT2D eigenvalue weighted by Crippen LogP contribution is 2.36. The molecule has 0 spiro atoms. The minimum absolute atomic E-state index is 0.0692. The summed E-state index contributed by atoms with van der Waals surface area (Å²) in [6, 6.07) is 21.4. The van der Waals surface area contributed by atoms with Crippen molar-refractivity contribution in [3.63, 3.8) is 0 Å². The molecule has 4 aromatic rings. The van der Waals surface area contributed by atoms with E-state index in [9.17, 15) is 4.91 Å². The van der Waals surface area contributed by atoms with E-state index in [2.05, 4.69) is 5.18 Å². The molecule has 4 aromatic carbocycles. The molecule has 0 unspecified atom stereocenters. The van der Waals surface area contributed by atoms with Crippen molar-refractivity contribution in [3.05, 3.63) is 104 Å². The Hall–Kier alpha value is -3.82. The second-order valence-corrected chi connectivity index (χ2v) is 9.32. The quantitative estimate of drug-likeness (QED) is 0.129. The highest BCUT2D eigenvalue weighted by molar-refractivity contribution is 6.34. The smallest absolute Gasteiger partial charge is 0.142 e. The van der Waals surface area contributed by atoms with Gasteiger partial charge in [-0.2, -0.15) is 0 Å². The Morgan fingerprint density at radius 2 is 1.64 bits per heavy atom. The number of benzene rings is 4. The van der Waals surface area contributed by atoms with Crippen LogP contribution in [-0.2, 0) is 19.8 Å². The first-order valence-electron chi connectivity index (χ1n) is 12.0. The highest BCUT2D eigenvalue weighted by Gasteiger charge is 2.14. The van der Waals surface area contributed by atoms with Crippen LogP contribution < -0.4 is 25.7 Å². The zero-order valence-electron chi connectivity index (χ0n) is 20.9. The Balaban J connectivity index is 1.51. The molecule has 0 heterocycles. The molecule has 0 aromatic heterocycles. The Labute approximate surface area is 236 Å². The summed E-state index contributed by atoms with van der Waals surface area (Å²) >= 11 is 13.3. The van der Waals surface area contributed by atoms with Gasteiger partial charge < -0.3 is 30.8 Å². The van der Waals surface area contributed by atoms with Gasteiger partial charge in [-0.15, -0.1) is 4.91 Å². The number of rotatable bonds is 12. The standard InChI is InChI=1S/C29H27Cl2N3O5/c30-24-13-21(15-32)27(38-16-18-7-8-26(34-36)25(33)11-18)14-28(24)39-17-20-4-2-6-23(29(20)31)19-3-1-5-22(12-19)37-10-9-35/h1-8,11-14,35H,9-10,15-17,32-33H2. The van der Waals surface area contributed by atoms with E-state index in [0.29, 0.717) is 32.9 Å². The maximum atomic E-state index is 10.8. The maximum absolute atomic E-state index is 10.8. The molecule has 0 saturated carbocycles. The van der Waals surface area contributed by atoms with Crippen LogP contribution >= 0.6 is 23.2 Å². The molecule has 0 saturated heterocycles. The lowest BCUT2D eigenvalue weighted by molar-refractivity contribution is 0.201. The molecule has 10 heteroatoms. The van der Waals surface area contributed by atoms with Crippen LogP contribution in [0.4, 0.5) is 11.4 Å². The average Bonchev–Trinajstić information content (AvgIpc) is 2.95. The second-order valence-electron chi connectivity index (χ2n) is 8.53. The molecule has 5 N–H and O–H groups in total. The first-order valence-corrected chi connectivity index (χ1v) is 12.8. The number of aliphatic hydroxyl groups excluding tert-OH is 1. The van der Waals surface area contributed by atoms with E-state index < -0.39 is 0 Å². The molecular weight excluding hydrogens is 541 g/mol. The van der Waals surface area contributed by atoms with Crippen molar-refractivity contribution in [2.75, 3.05) is 18.9 Å². The van der Waals surface area contributed by atoms with Crippen LogP contribution in [0.15, 0.2) is 78.0 Å². The minimum Gasteiger partial charge on any atom is -0.491 e. The first-order chi connectivity index (χ1) is 18.9. The summed E-state index contributed by atoms with van der Waals surface area (Å²) in [4.78, 5) is 10.8. The normalized spacial score (nSPS) is 10.8. The van der Waals surface area contributed by atoms with Gasteiger partial charge in [0.2, 0.25) is 0 Å². The van der Waals surface area contributed by atoms with Crippen molar-refractivity contribution < 1.29 is 19.3 Å². The van der Waals surface area contributed by atoms with Gasteiger partial charge >= 0.3 is 0 Å². The predicted molar refractivity (Wildman–Crippen MR) is 154 cm³/mol. The van der Waals surface area contributed by atoms with Crippen LogP contribution in [0.2, 0.25) is 10.0 Å². The van der Waals surface area contributed by atoms with Crippen molar-refractivity contribution in [1.82, 2.24) is 0 Å². The van der Waals surface area contributed by atoms with Crippen LogP contribution in [0, 0.1) is 4.91 Å². The van der Waals surface area contributed by atoms with Gasteiger partial charge in [0.25, 0.3) is 0 Å². The van der Waals surface area contributed by atoms with Crippen LogP contribution in [0.25, 0.3) is 11.1 Å². The number of nitrogens with two attached hydrogens (primary N) is 2. The van der Waals surface area contributed by atoms with E-state index in [1.54, 1.807) is 24.3 Å². The molecule has 0 aliphatic carbocycles. The van der Waals surface area contributed by atoms with Crippen LogP contribution in [-0.4, -0.2) is 18.3 Å². The number of ether oxygens (including phenoxy) is 3. The van der Waals surface area contributed by atoms with Crippen LogP contribution in [0.1, 0.15) is 16.7 Å². The zero-order chi connectivity index (χ0) is 27.8. The van der Waals surface area contributed by atoms with Gasteiger partial charge in [-0.05, 0) is 46.6 Å². The third-order valence-electron chi connectivity index (χ3n) is 5.89. The molecule has 0 radical (unpaired) electrons. The van der Waals surface area contributed by atoms with Gasteiger partial charge in [0.05, 0.1) is 22.3 Å². The average molecular weight is 568 g/mol. The molecule has 0 amide bonds. The third-order valence-corrected chi connectivity index (χ3v) is 6.63. The summed E-state index contributed by atoms with van der Waals surface area (Å²) in [7, 11) is 0. The number of halogens is 2. The molecular formula is C29H27Cl2N3O5. The SMILES string of the molecule is NCc1cc(Cl)c(OCc2cccc(-c3cccc(OCCO)c3)c2Cl)cc1OCc1ccc(N=O)c(N)c1. The molecule has 0 aliphatic heterocycles. The lowest BCUT2D eigenvalue weighted by atomic mass is 10.0. The Kier molecular flexibility index (Phi) is 9.62. The minimum atomic E-state index is -0.0692. The number of nitrogens with zero attached hydrogens (tertiary/aromatic N) is 1. The fraction of sp³-hybridized carbons (Fsp3) is 0.172. The summed E-state index contributed by atoms with van der Waals surface area (Å²) < 4.78 is 17.6. The molecule has 8 nitrogen and oxygen atoms in total. The summed E-state index contributed by atoms with van der Waals surface area (Å²) in [5, 5.41) is 12.8. The summed E-state index contributed by atoms with van der Waals surface area (Å²) in [5.74, 6) is 1.55. The van der Waals surface area contributed by atoms with Gasteiger partial charge in [-0.25, -0.2) is 0 Å². The van der Waals surface area contributed by atoms with Crippen LogP contribution in [0.3, 0.4) is 0 Å². The number of aliphatic hydroxyl groups is 1.